The van der Waals surface area contributed by atoms with Crippen molar-refractivity contribution >= 4 is 34.5 Å². The lowest BCUT2D eigenvalue weighted by atomic mass is 10.2. The van der Waals surface area contributed by atoms with E-state index in [4.69, 9.17) is 10.00 Å². The quantitative estimate of drug-likeness (QED) is 0.643. The van der Waals surface area contributed by atoms with E-state index in [1.807, 2.05) is 22.9 Å². The van der Waals surface area contributed by atoms with Crippen molar-refractivity contribution in [2.45, 2.75) is 6.92 Å². The first-order chi connectivity index (χ1) is 13.1. The van der Waals surface area contributed by atoms with Gasteiger partial charge in [0.15, 0.2) is 6.61 Å². The van der Waals surface area contributed by atoms with E-state index in [1.54, 1.807) is 42.5 Å². The fourth-order valence-corrected chi connectivity index (χ4v) is 3.84. The first-order valence-electron chi connectivity index (χ1n) is 7.79. The highest BCUT2D eigenvalue weighted by Gasteiger charge is 2.17. The number of para-hydroxylation sites is 1. The van der Waals surface area contributed by atoms with Crippen LogP contribution in [-0.4, -0.2) is 23.4 Å². The molecule has 27 heavy (non-hydrogen) atoms. The zero-order valence-electron chi connectivity index (χ0n) is 14.2. The number of thiazole rings is 1. The minimum absolute atomic E-state index is 0.306. The van der Waals surface area contributed by atoms with E-state index in [-0.39, 0.29) is 6.61 Å². The summed E-state index contributed by atoms with van der Waals surface area (Å²) in [4.78, 5) is 29.0. The molecule has 0 aliphatic rings. The predicted molar refractivity (Wildman–Crippen MR) is 102 cm³/mol. The van der Waals surface area contributed by atoms with Crippen molar-refractivity contribution in [1.29, 1.82) is 5.26 Å². The van der Waals surface area contributed by atoms with E-state index in [1.165, 1.54) is 11.3 Å². The van der Waals surface area contributed by atoms with Crippen LogP contribution in [0.15, 0.2) is 41.1 Å². The Labute approximate surface area is 163 Å². The van der Waals surface area contributed by atoms with Gasteiger partial charge in [-0.1, -0.05) is 12.1 Å². The lowest BCUT2D eigenvalue weighted by Crippen LogP contribution is -2.43. The summed E-state index contributed by atoms with van der Waals surface area (Å²) in [5.41, 5.74) is 6.53. The lowest BCUT2D eigenvalue weighted by Gasteiger charge is -2.09. The highest BCUT2D eigenvalue weighted by Crippen LogP contribution is 2.29. The van der Waals surface area contributed by atoms with Gasteiger partial charge < -0.3 is 4.74 Å². The van der Waals surface area contributed by atoms with Gasteiger partial charge in [0.2, 0.25) is 0 Å². The maximum atomic E-state index is 12.3. The third-order valence-corrected chi connectivity index (χ3v) is 5.34. The summed E-state index contributed by atoms with van der Waals surface area (Å²) in [6.45, 7) is 1.41. The van der Waals surface area contributed by atoms with E-state index in [9.17, 15) is 9.59 Å². The molecule has 0 saturated heterocycles. The van der Waals surface area contributed by atoms with Gasteiger partial charge in [0.1, 0.15) is 21.7 Å². The van der Waals surface area contributed by atoms with Crippen LogP contribution in [0.25, 0.3) is 10.6 Å². The molecular weight excluding hydrogens is 384 g/mol. The molecule has 2 aromatic heterocycles. The van der Waals surface area contributed by atoms with Crippen molar-refractivity contribution in [3.8, 4) is 22.4 Å². The average molecular weight is 398 g/mol. The van der Waals surface area contributed by atoms with Gasteiger partial charge in [-0.2, -0.15) is 16.6 Å². The number of hydrazine groups is 1. The molecule has 3 aromatic rings. The number of carbonyl (C=O) groups is 2. The second-order valence-corrected chi connectivity index (χ2v) is 7.12. The summed E-state index contributed by atoms with van der Waals surface area (Å²) in [6.07, 6.45) is 0. The second-order valence-electron chi connectivity index (χ2n) is 5.34. The van der Waals surface area contributed by atoms with E-state index in [0.29, 0.717) is 21.9 Å². The van der Waals surface area contributed by atoms with Crippen LogP contribution in [0.2, 0.25) is 0 Å². The number of aromatic nitrogens is 1. The van der Waals surface area contributed by atoms with Crippen LogP contribution in [0.4, 0.5) is 0 Å². The maximum absolute atomic E-state index is 12.3. The molecule has 0 radical (unpaired) electrons. The zero-order valence-corrected chi connectivity index (χ0v) is 15.8. The Balaban J connectivity index is 1.55. The smallest absolute Gasteiger partial charge is 0.281 e. The third kappa shape index (κ3) is 4.49. The fraction of sp³-hybridized carbons (Fsp3) is 0.111. The van der Waals surface area contributed by atoms with Gasteiger partial charge in [0.05, 0.1) is 11.3 Å². The van der Waals surface area contributed by atoms with Crippen molar-refractivity contribution in [3.05, 3.63) is 57.2 Å². The number of aryl methyl sites for hydroxylation is 1. The topological polar surface area (TPSA) is 104 Å². The molecule has 0 bridgehead atoms. The van der Waals surface area contributed by atoms with Crippen molar-refractivity contribution in [3.63, 3.8) is 0 Å². The van der Waals surface area contributed by atoms with E-state index in [2.05, 4.69) is 15.8 Å². The number of benzene rings is 1. The first kappa shape index (κ1) is 18.6. The highest BCUT2D eigenvalue weighted by atomic mass is 32.1. The van der Waals surface area contributed by atoms with Crippen LogP contribution in [0.5, 0.6) is 5.75 Å². The number of carbonyl (C=O) groups excluding carboxylic acids is 2. The van der Waals surface area contributed by atoms with Gasteiger partial charge in [-0.15, -0.1) is 11.3 Å². The van der Waals surface area contributed by atoms with Crippen LogP contribution in [-0.2, 0) is 4.79 Å². The van der Waals surface area contributed by atoms with Crippen molar-refractivity contribution in [1.82, 2.24) is 15.8 Å². The van der Waals surface area contributed by atoms with Gasteiger partial charge in [-0.3, -0.25) is 20.4 Å². The number of ether oxygens (including phenoxy) is 1. The molecule has 0 saturated carbocycles. The zero-order chi connectivity index (χ0) is 19.2. The Morgan fingerprint density at radius 1 is 1.26 bits per heavy atom. The summed E-state index contributed by atoms with van der Waals surface area (Å²) < 4.78 is 5.31. The normalized spacial score (nSPS) is 10.1. The molecule has 0 spiro atoms. The molecule has 0 unspecified atom stereocenters. The van der Waals surface area contributed by atoms with Gasteiger partial charge in [0, 0.05) is 10.9 Å². The molecular formula is C18H14N4O3S2. The SMILES string of the molecule is Cc1nc(-c2ccsc2)sc1C(=O)NNC(=O)COc1ccccc1C#N. The molecule has 1 aromatic carbocycles. The Hall–Kier alpha value is -3.22. The minimum atomic E-state index is -0.545. The minimum Gasteiger partial charge on any atom is -0.482 e. The van der Waals surface area contributed by atoms with Crippen molar-refractivity contribution < 1.29 is 14.3 Å². The molecule has 2 amide bonds. The lowest BCUT2D eigenvalue weighted by molar-refractivity contribution is -0.123. The highest BCUT2D eigenvalue weighted by molar-refractivity contribution is 7.17. The summed E-state index contributed by atoms with van der Waals surface area (Å²) in [5.74, 6) is -0.686. The van der Waals surface area contributed by atoms with Crippen LogP contribution >= 0.6 is 22.7 Å². The molecule has 2 N–H and O–H groups in total. The Morgan fingerprint density at radius 2 is 2.07 bits per heavy atom. The largest absolute Gasteiger partial charge is 0.482 e. The van der Waals surface area contributed by atoms with Crippen molar-refractivity contribution in [2.24, 2.45) is 0 Å². The molecule has 3 rings (SSSR count). The monoisotopic (exact) mass is 398 g/mol. The van der Waals surface area contributed by atoms with Crippen LogP contribution < -0.4 is 15.6 Å². The number of nitriles is 1. The molecule has 7 nitrogen and oxygen atoms in total. The summed E-state index contributed by atoms with van der Waals surface area (Å²) in [5, 5.41) is 13.6. The summed E-state index contributed by atoms with van der Waals surface area (Å²) >= 11 is 2.81. The molecule has 9 heteroatoms. The fourth-order valence-electron chi connectivity index (χ4n) is 2.16. The number of rotatable bonds is 5. The van der Waals surface area contributed by atoms with E-state index >= 15 is 0 Å². The molecule has 0 atom stereocenters. The maximum Gasteiger partial charge on any atom is 0.281 e. The molecule has 0 aliphatic heterocycles. The molecule has 0 fully saturated rings. The van der Waals surface area contributed by atoms with Gasteiger partial charge in [-0.25, -0.2) is 4.98 Å². The average Bonchev–Trinajstić information content (AvgIpc) is 3.34. The van der Waals surface area contributed by atoms with Gasteiger partial charge in [0.25, 0.3) is 11.8 Å². The summed E-state index contributed by atoms with van der Waals surface area (Å²) in [7, 11) is 0. The Morgan fingerprint density at radius 3 is 2.81 bits per heavy atom. The van der Waals surface area contributed by atoms with Crippen LogP contribution in [0, 0.1) is 18.3 Å². The number of thiophene rings is 1. The number of hydrogen-bond acceptors (Lipinski definition) is 7. The van der Waals surface area contributed by atoms with Gasteiger partial charge in [-0.05, 0) is 30.5 Å². The standard InChI is InChI=1S/C18H14N4O3S2/c1-11-16(27-18(20-11)13-6-7-26-10-13)17(24)22-21-15(23)9-25-14-5-3-2-4-12(14)8-19/h2-7,10H,9H2,1H3,(H,21,23)(H,22,24). The second kappa shape index (κ2) is 8.44. The number of hydrogen-bond donors (Lipinski definition) is 2. The Bertz CT molecular complexity index is 1010. The Kier molecular flexibility index (Phi) is 5.80. The van der Waals surface area contributed by atoms with Crippen LogP contribution in [0.1, 0.15) is 20.9 Å². The molecule has 0 aliphatic carbocycles. The third-order valence-electron chi connectivity index (χ3n) is 3.45. The van der Waals surface area contributed by atoms with Gasteiger partial charge >= 0.3 is 0 Å². The number of amides is 2. The first-order valence-corrected chi connectivity index (χ1v) is 9.55. The predicted octanol–water partition coefficient (Wildman–Crippen LogP) is 2.89. The molecule has 2 heterocycles. The van der Waals surface area contributed by atoms with E-state index in [0.717, 1.165) is 10.6 Å². The number of nitrogens with zero attached hydrogens (tertiary/aromatic N) is 2. The van der Waals surface area contributed by atoms with Crippen LogP contribution in [0.3, 0.4) is 0 Å². The molecule has 136 valence electrons. The summed E-state index contributed by atoms with van der Waals surface area (Å²) in [6, 6.07) is 10.5. The van der Waals surface area contributed by atoms with E-state index < -0.39 is 11.8 Å². The number of nitrogens with one attached hydrogen (secondary N) is 2. The van der Waals surface area contributed by atoms with Crippen molar-refractivity contribution in [2.75, 3.05) is 6.61 Å².